The van der Waals surface area contributed by atoms with Crippen LogP contribution in [0.1, 0.15) is 27.7 Å². The zero-order valence-corrected chi connectivity index (χ0v) is 6.91. The van der Waals surface area contributed by atoms with Gasteiger partial charge >= 0.3 is 0 Å². The molecule has 56 valence electrons. The summed E-state index contributed by atoms with van der Waals surface area (Å²) in [5.74, 6) is 0. The summed E-state index contributed by atoms with van der Waals surface area (Å²) in [7, 11) is 0. The zero-order valence-electron chi connectivity index (χ0n) is 6.91. The van der Waals surface area contributed by atoms with Gasteiger partial charge in [0.1, 0.15) is 0 Å². The van der Waals surface area contributed by atoms with Gasteiger partial charge in [-0.3, -0.25) is 0 Å². The van der Waals surface area contributed by atoms with E-state index < -0.39 is 0 Å². The zero-order chi connectivity index (χ0) is 7.15. The summed E-state index contributed by atoms with van der Waals surface area (Å²) in [5, 5.41) is 0. The van der Waals surface area contributed by atoms with E-state index in [2.05, 4.69) is 13.2 Å². The molecule has 0 heterocycles. The van der Waals surface area contributed by atoms with Crippen molar-refractivity contribution in [2.75, 3.05) is 0 Å². The van der Waals surface area contributed by atoms with Crippen LogP contribution >= 0.6 is 0 Å². The van der Waals surface area contributed by atoms with Gasteiger partial charge in [0.2, 0.25) is 0 Å². The number of hydrogen-bond donors (Lipinski definition) is 0. The first-order chi connectivity index (χ1) is 3.46. The molecule has 0 aliphatic rings. The maximum atomic E-state index is 3.56. The van der Waals surface area contributed by atoms with E-state index in [1.165, 1.54) is 11.1 Å². The second kappa shape index (κ2) is 10.4. The summed E-state index contributed by atoms with van der Waals surface area (Å²) in [6, 6.07) is 0. The smallest absolute Gasteiger partial charge is 0.0445 e. The Morgan fingerprint density at radius 2 is 0.778 bits per heavy atom. The summed E-state index contributed by atoms with van der Waals surface area (Å²) in [6.45, 7) is 15.0. The molecule has 0 spiro atoms. The van der Waals surface area contributed by atoms with Gasteiger partial charge in [-0.2, -0.15) is 0 Å². The minimum absolute atomic E-state index is 0. The van der Waals surface area contributed by atoms with Gasteiger partial charge in [0.05, 0.1) is 0 Å². The van der Waals surface area contributed by atoms with Crippen LogP contribution in [-0.2, 0) is 0 Å². The van der Waals surface area contributed by atoms with Crippen molar-refractivity contribution in [2.45, 2.75) is 27.7 Å². The lowest BCUT2D eigenvalue weighted by atomic mass is 10.4. The lowest BCUT2D eigenvalue weighted by Crippen LogP contribution is -1.43. The highest BCUT2D eigenvalue weighted by Gasteiger charge is 1.52. The topological polar surface area (TPSA) is 31.5 Å². The van der Waals surface area contributed by atoms with Crippen LogP contribution in [0, 0.1) is 0 Å². The van der Waals surface area contributed by atoms with Crippen molar-refractivity contribution in [1.29, 1.82) is 0 Å². The van der Waals surface area contributed by atoms with Crippen molar-refractivity contribution >= 4 is 0 Å². The van der Waals surface area contributed by atoms with E-state index in [0.717, 1.165) is 0 Å². The van der Waals surface area contributed by atoms with E-state index in [1.54, 1.807) is 0 Å². The van der Waals surface area contributed by atoms with E-state index >= 15 is 0 Å². The van der Waals surface area contributed by atoms with E-state index in [9.17, 15) is 0 Å². The van der Waals surface area contributed by atoms with Gasteiger partial charge < -0.3 is 5.48 Å². The summed E-state index contributed by atoms with van der Waals surface area (Å²) in [5.41, 5.74) is 2.33. The molecular formula is C8H18O. The van der Waals surface area contributed by atoms with Crippen LogP contribution in [0.25, 0.3) is 0 Å². The second-order valence-electron chi connectivity index (χ2n) is 2.41. The summed E-state index contributed by atoms with van der Waals surface area (Å²) >= 11 is 0. The Morgan fingerprint density at radius 3 is 0.778 bits per heavy atom. The monoisotopic (exact) mass is 130 g/mol. The quantitative estimate of drug-likeness (QED) is 0.451. The Balaban J connectivity index is -0.0000000720. The largest absolute Gasteiger partial charge is 0.412 e. The average molecular weight is 130 g/mol. The summed E-state index contributed by atoms with van der Waals surface area (Å²) in [6.07, 6.45) is 0. The minimum atomic E-state index is 0. The first-order valence-corrected chi connectivity index (χ1v) is 2.71. The Labute approximate surface area is 58.4 Å². The van der Waals surface area contributed by atoms with Gasteiger partial charge in [0.15, 0.2) is 0 Å². The first kappa shape index (κ1) is 15.8. The molecule has 9 heavy (non-hydrogen) atoms. The second-order valence-corrected chi connectivity index (χ2v) is 2.41. The molecule has 0 bridgehead atoms. The van der Waals surface area contributed by atoms with Gasteiger partial charge in [-0.25, -0.2) is 0 Å². The van der Waals surface area contributed by atoms with Crippen molar-refractivity contribution in [2.24, 2.45) is 0 Å². The highest BCUT2D eigenvalue weighted by atomic mass is 16.0. The van der Waals surface area contributed by atoms with Crippen LogP contribution < -0.4 is 0 Å². The van der Waals surface area contributed by atoms with Crippen molar-refractivity contribution in [3.05, 3.63) is 24.3 Å². The predicted octanol–water partition coefficient (Wildman–Crippen LogP) is 2.34. The third kappa shape index (κ3) is 702. The van der Waals surface area contributed by atoms with E-state index in [0.29, 0.717) is 0 Å². The SMILES string of the molecule is C=C(C)C.C=C(C)C.O. The first-order valence-electron chi connectivity index (χ1n) is 2.71. The molecule has 0 fully saturated rings. The lowest BCUT2D eigenvalue weighted by Gasteiger charge is -1.65. The molecule has 0 unspecified atom stereocenters. The molecule has 0 aliphatic heterocycles. The van der Waals surface area contributed by atoms with Gasteiger partial charge in [-0.15, -0.1) is 13.2 Å². The molecule has 2 N–H and O–H groups in total. The Bertz CT molecular complexity index is 62.6. The molecule has 0 amide bonds. The molecule has 0 aromatic rings. The summed E-state index contributed by atoms with van der Waals surface area (Å²) < 4.78 is 0. The minimum Gasteiger partial charge on any atom is -0.412 e. The molecule has 0 aliphatic carbocycles. The standard InChI is InChI=1S/2C4H8.H2O/c2*1-4(2)3;/h2*1H2,2-3H3;1H2. The number of allylic oxidation sites excluding steroid dienone is 2. The molecule has 0 saturated carbocycles. The molecule has 0 rings (SSSR count). The van der Waals surface area contributed by atoms with Crippen LogP contribution in [0.3, 0.4) is 0 Å². The van der Waals surface area contributed by atoms with E-state index in [4.69, 9.17) is 0 Å². The molecule has 0 radical (unpaired) electrons. The fourth-order valence-electron chi connectivity index (χ4n) is 0. The van der Waals surface area contributed by atoms with Crippen molar-refractivity contribution in [3.8, 4) is 0 Å². The highest BCUT2D eigenvalue weighted by Crippen LogP contribution is 1.74. The molecule has 1 nitrogen and oxygen atoms in total. The fraction of sp³-hybridized carbons (Fsp3) is 0.500. The maximum absolute atomic E-state index is 3.56. The predicted molar refractivity (Wildman–Crippen MR) is 44.6 cm³/mol. The van der Waals surface area contributed by atoms with Crippen LogP contribution in [0.5, 0.6) is 0 Å². The maximum Gasteiger partial charge on any atom is -0.0445 e. The van der Waals surface area contributed by atoms with Crippen molar-refractivity contribution in [3.63, 3.8) is 0 Å². The summed E-state index contributed by atoms with van der Waals surface area (Å²) in [4.78, 5) is 0. The molecule has 1 heteroatoms. The normalized spacial score (nSPS) is 5.78. The molecule has 0 atom stereocenters. The molecule has 0 saturated heterocycles. The van der Waals surface area contributed by atoms with Gasteiger partial charge in [-0.05, 0) is 27.7 Å². The lowest BCUT2D eigenvalue weighted by molar-refractivity contribution is 0.824. The van der Waals surface area contributed by atoms with Crippen LogP contribution in [0.15, 0.2) is 24.3 Å². The average Bonchev–Trinajstić information content (AvgIpc) is 1.25. The van der Waals surface area contributed by atoms with E-state index in [-0.39, 0.29) is 5.48 Å². The van der Waals surface area contributed by atoms with Crippen LogP contribution in [0.4, 0.5) is 0 Å². The Morgan fingerprint density at radius 1 is 0.778 bits per heavy atom. The van der Waals surface area contributed by atoms with Crippen LogP contribution in [-0.4, -0.2) is 5.48 Å². The van der Waals surface area contributed by atoms with Crippen molar-refractivity contribution < 1.29 is 5.48 Å². The van der Waals surface area contributed by atoms with Crippen LogP contribution in [0.2, 0.25) is 0 Å². The number of rotatable bonds is 0. The van der Waals surface area contributed by atoms with Gasteiger partial charge in [-0.1, -0.05) is 11.1 Å². The number of hydrogen-bond acceptors (Lipinski definition) is 0. The Kier molecular flexibility index (Phi) is 18.3. The molecule has 0 aromatic carbocycles. The highest BCUT2D eigenvalue weighted by molar-refractivity contribution is 4.79. The molecule has 0 aromatic heterocycles. The van der Waals surface area contributed by atoms with E-state index in [1.807, 2.05) is 27.7 Å². The third-order valence-electron chi connectivity index (χ3n) is 0. The van der Waals surface area contributed by atoms with Gasteiger partial charge in [0.25, 0.3) is 0 Å². The fourth-order valence-corrected chi connectivity index (χ4v) is 0. The molecular weight excluding hydrogens is 112 g/mol. The van der Waals surface area contributed by atoms with Gasteiger partial charge in [0, 0.05) is 0 Å². The van der Waals surface area contributed by atoms with Crippen molar-refractivity contribution in [1.82, 2.24) is 0 Å². The Hall–Kier alpha value is -0.560. The third-order valence-corrected chi connectivity index (χ3v) is 0.